The number of halogens is 1. The molecule has 4 nitrogen and oxygen atoms in total. The zero-order chi connectivity index (χ0) is 13.8. The van der Waals surface area contributed by atoms with Crippen molar-refractivity contribution < 1.29 is 0 Å². The van der Waals surface area contributed by atoms with Gasteiger partial charge in [-0.15, -0.1) is 0 Å². The van der Waals surface area contributed by atoms with Gasteiger partial charge in [-0.2, -0.15) is 5.10 Å². The standard InChI is InChI=1S/C14H19BrN4/c1-3-11(10-7-5-4-6-8-10)13(18-16)14-12(15)9-17-19(14)2/h4-9,11,13,18H,3,16H2,1-2H3. The number of nitrogens with one attached hydrogen (secondary N) is 1. The predicted molar refractivity (Wildman–Crippen MR) is 80.4 cm³/mol. The van der Waals surface area contributed by atoms with Gasteiger partial charge in [-0.25, -0.2) is 0 Å². The Morgan fingerprint density at radius 1 is 1.37 bits per heavy atom. The number of rotatable bonds is 5. The van der Waals surface area contributed by atoms with E-state index in [0.717, 1.165) is 16.6 Å². The van der Waals surface area contributed by atoms with Crippen molar-refractivity contribution in [3.05, 3.63) is 52.3 Å². The maximum absolute atomic E-state index is 5.80. The molecule has 1 heterocycles. The van der Waals surface area contributed by atoms with E-state index in [0.29, 0.717) is 5.92 Å². The zero-order valence-corrected chi connectivity index (χ0v) is 12.8. The highest BCUT2D eigenvalue weighted by atomic mass is 79.9. The fraction of sp³-hybridized carbons (Fsp3) is 0.357. The van der Waals surface area contributed by atoms with E-state index < -0.39 is 0 Å². The second-order valence-electron chi connectivity index (χ2n) is 4.57. The van der Waals surface area contributed by atoms with Gasteiger partial charge in [0.2, 0.25) is 0 Å². The van der Waals surface area contributed by atoms with Crippen LogP contribution < -0.4 is 11.3 Å². The molecular weight excluding hydrogens is 304 g/mol. The summed E-state index contributed by atoms with van der Waals surface area (Å²) in [5, 5.41) is 4.27. The number of hydrazine groups is 1. The van der Waals surface area contributed by atoms with Crippen LogP contribution in [0.3, 0.4) is 0 Å². The SMILES string of the molecule is CCC(c1ccccc1)C(NN)c1c(Br)cnn1C. The maximum atomic E-state index is 5.80. The summed E-state index contributed by atoms with van der Waals surface area (Å²) >= 11 is 3.55. The molecule has 0 amide bonds. The number of benzene rings is 1. The van der Waals surface area contributed by atoms with Gasteiger partial charge < -0.3 is 0 Å². The van der Waals surface area contributed by atoms with E-state index in [1.165, 1.54) is 5.56 Å². The Bertz CT molecular complexity index is 504. The van der Waals surface area contributed by atoms with Gasteiger partial charge in [0.1, 0.15) is 0 Å². The monoisotopic (exact) mass is 322 g/mol. The summed E-state index contributed by atoms with van der Waals surface area (Å²) in [6.45, 7) is 2.17. The lowest BCUT2D eigenvalue weighted by Crippen LogP contribution is -2.34. The lowest BCUT2D eigenvalue weighted by atomic mass is 9.87. The van der Waals surface area contributed by atoms with Crippen LogP contribution in [-0.4, -0.2) is 9.78 Å². The highest BCUT2D eigenvalue weighted by molar-refractivity contribution is 9.10. The number of nitrogens with two attached hydrogens (primary N) is 1. The Morgan fingerprint density at radius 3 is 2.53 bits per heavy atom. The molecule has 0 bridgehead atoms. The molecule has 3 N–H and O–H groups in total. The maximum Gasteiger partial charge on any atom is 0.0712 e. The second-order valence-corrected chi connectivity index (χ2v) is 5.43. The van der Waals surface area contributed by atoms with E-state index >= 15 is 0 Å². The lowest BCUT2D eigenvalue weighted by molar-refractivity contribution is 0.419. The third kappa shape index (κ3) is 2.88. The van der Waals surface area contributed by atoms with Crippen molar-refractivity contribution in [2.24, 2.45) is 12.9 Å². The van der Waals surface area contributed by atoms with E-state index in [9.17, 15) is 0 Å². The smallest absolute Gasteiger partial charge is 0.0712 e. The van der Waals surface area contributed by atoms with Crippen molar-refractivity contribution in [1.82, 2.24) is 15.2 Å². The third-order valence-electron chi connectivity index (χ3n) is 3.48. The minimum atomic E-state index is 0.0225. The van der Waals surface area contributed by atoms with Crippen LogP contribution in [0.5, 0.6) is 0 Å². The molecule has 2 aromatic rings. The van der Waals surface area contributed by atoms with Crippen LogP contribution in [0.1, 0.15) is 36.6 Å². The summed E-state index contributed by atoms with van der Waals surface area (Å²) in [4.78, 5) is 0. The van der Waals surface area contributed by atoms with Gasteiger partial charge in [-0.3, -0.25) is 16.0 Å². The van der Waals surface area contributed by atoms with E-state index in [2.05, 4.69) is 57.6 Å². The Balaban J connectivity index is 2.40. The molecule has 0 aliphatic heterocycles. The van der Waals surface area contributed by atoms with Crippen molar-refractivity contribution in [1.29, 1.82) is 0 Å². The topological polar surface area (TPSA) is 55.9 Å². The van der Waals surface area contributed by atoms with Crippen molar-refractivity contribution in [2.75, 3.05) is 0 Å². The van der Waals surface area contributed by atoms with E-state index in [-0.39, 0.29) is 6.04 Å². The highest BCUT2D eigenvalue weighted by Crippen LogP contribution is 2.35. The van der Waals surface area contributed by atoms with Crippen molar-refractivity contribution >= 4 is 15.9 Å². The number of aryl methyl sites for hydroxylation is 1. The molecular formula is C14H19BrN4. The molecule has 0 spiro atoms. The number of hydrogen-bond acceptors (Lipinski definition) is 3. The predicted octanol–water partition coefficient (Wildman–Crippen LogP) is 2.88. The van der Waals surface area contributed by atoms with Crippen molar-refractivity contribution in [3.63, 3.8) is 0 Å². The summed E-state index contributed by atoms with van der Waals surface area (Å²) in [5.74, 6) is 6.11. The lowest BCUT2D eigenvalue weighted by Gasteiger charge is -2.26. The first-order chi connectivity index (χ1) is 9.19. The molecule has 102 valence electrons. The van der Waals surface area contributed by atoms with E-state index in [4.69, 9.17) is 5.84 Å². The summed E-state index contributed by atoms with van der Waals surface area (Å²) in [7, 11) is 1.93. The minimum Gasteiger partial charge on any atom is -0.271 e. The van der Waals surface area contributed by atoms with Crippen LogP contribution in [0.25, 0.3) is 0 Å². The van der Waals surface area contributed by atoms with Gasteiger partial charge in [0.25, 0.3) is 0 Å². The average molecular weight is 323 g/mol. The number of aromatic nitrogens is 2. The van der Waals surface area contributed by atoms with E-state index in [1.807, 2.05) is 17.8 Å². The number of nitrogens with zero attached hydrogens (tertiary/aromatic N) is 2. The molecule has 0 aliphatic rings. The quantitative estimate of drug-likeness (QED) is 0.657. The Morgan fingerprint density at radius 2 is 2.05 bits per heavy atom. The third-order valence-corrected chi connectivity index (χ3v) is 4.09. The summed E-state index contributed by atoms with van der Waals surface area (Å²) < 4.78 is 2.84. The zero-order valence-electron chi connectivity index (χ0n) is 11.2. The van der Waals surface area contributed by atoms with Crippen molar-refractivity contribution in [3.8, 4) is 0 Å². The van der Waals surface area contributed by atoms with Crippen LogP contribution >= 0.6 is 15.9 Å². The number of hydrogen-bond donors (Lipinski definition) is 2. The first-order valence-electron chi connectivity index (χ1n) is 6.37. The van der Waals surface area contributed by atoms with E-state index in [1.54, 1.807) is 6.20 Å². The molecule has 0 radical (unpaired) electrons. The molecule has 0 aliphatic carbocycles. The Kier molecular flexibility index (Phi) is 4.74. The first kappa shape index (κ1) is 14.2. The minimum absolute atomic E-state index is 0.0225. The van der Waals surface area contributed by atoms with Crippen molar-refractivity contribution in [2.45, 2.75) is 25.3 Å². The van der Waals surface area contributed by atoms with Crippen LogP contribution in [0.15, 0.2) is 41.0 Å². The van der Waals surface area contributed by atoms with Crippen LogP contribution in [0.2, 0.25) is 0 Å². The van der Waals surface area contributed by atoms with Gasteiger partial charge in [-0.1, -0.05) is 37.3 Å². The fourth-order valence-corrected chi connectivity index (χ4v) is 3.11. The molecule has 0 saturated heterocycles. The molecule has 2 atom stereocenters. The van der Waals surface area contributed by atoms with Gasteiger partial charge >= 0.3 is 0 Å². The summed E-state index contributed by atoms with van der Waals surface area (Å²) in [6, 6.07) is 10.5. The largest absolute Gasteiger partial charge is 0.271 e. The van der Waals surface area contributed by atoms with Crippen LogP contribution in [-0.2, 0) is 7.05 Å². The molecule has 1 aromatic carbocycles. The molecule has 0 saturated carbocycles. The first-order valence-corrected chi connectivity index (χ1v) is 7.16. The highest BCUT2D eigenvalue weighted by Gasteiger charge is 2.26. The summed E-state index contributed by atoms with van der Waals surface area (Å²) in [6.07, 6.45) is 2.80. The van der Waals surface area contributed by atoms with Crippen LogP contribution in [0.4, 0.5) is 0 Å². The normalized spacial score (nSPS) is 14.3. The van der Waals surface area contributed by atoms with Gasteiger partial charge in [-0.05, 0) is 27.9 Å². The van der Waals surface area contributed by atoms with Gasteiger partial charge in [0, 0.05) is 13.0 Å². The molecule has 19 heavy (non-hydrogen) atoms. The van der Waals surface area contributed by atoms with Gasteiger partial charge in [0.05, 0.1) is 22.4 Å². The average Bonchev–Trinajstić information content (AvgIpc) is 2.77. The van der Waals surface area contributed by atoms with Crippen LogP contribution in [0, 0.1) is 0 Å². The molecule has 2 rings (SSSR count). The molecule has 0 fully saturated rings. The molecule has 1 aromatic heterocycles. The molecule has 5 heteroatoms. The molecule has 2 unspecified atom stereocenters. The Labute approximate surface area is 122 Å². The van der Waals surface area contributed by atoms with Gasteiger partial charge in [0.15, 0.2) is 0 Å². The Hall–Kier alpha value is -1.17. The second kappa shape index (κ2) is 6.32. The fourth-order valence-electron chi connectivity index (χ4n) is 2.52. The summed E-state index contributed by atoms with van der Waals surface area (Å²) in [5.41, 5.74) is 5.29.